The third-order valence-corrected chi connectivity index (χ3v) is 5.53. The first-order valence-electron chi connectivity index (χ1n) is 5.80. The van der Waals surface area contributed by atoms with Crippen molar-refractivity contribution in [1.82, 2.24) is 9.62 Å². The molecule has 0 radical (unpaired) electrons. The van der Waals surface area contributed by atoms with Crippen LogP contribution in [-0.4, -0.2) is 45.5 Å². The summed E-state index contributed by atoms with van der Waals surface area (Å²) in [6.07, 6.45) is 2.54. The number of nitrogens with zero attached hydrogens (tertiary/aromatic N) is 2. The van der Waals surface area contributed by atoms with Gasteiger partial charge in [-0.25, -0.2) is 17.9 Å². The van der Waals surface area contributed by atoms with E-state index in [0.717, 1.165) is 11.3 Å². The number of rotatable bonds is 4. The van der Waals surface area contributed by atoms with E-state index in [4.69, 9.17) is 5.26 Å². The molecule has 7 nitrogen and oxygen atoms in total. The number of nitriles is 1. The van der Waals surface area contributed by atoms with Crippen LogP contribution in [-0.2, 0) is 14.8 Å². The summed E-state index contributed by atoms with van der Waals surface area (Å²) in [5.74, 6) is -0.676. The normalized spacial score (nSPS) is 18.8. The number of esters is 1. The Hall–Kier alpha value is -1.63. The summed E-state index contributed by atoms with van der Waals surface area (Å²) >= 11 is 1.02. The molecule has 1 fully saturated rings. The van der Waals surface area contributed by atoms with E-state index in [1.807, 2.05) is 6.19 Å². The van der Waals surface area contributed by atoms with Crippen LogP contribution in [0.15, 0.2) is 16.3 Å². The standard InChI is InChI=1S/C11H13N3O4S2/c1-18-11(15)10-9(3-5-19-10)20(16,17)13-8-2-4-14(6-8)7-12/h3,5,8,13H,2,4,6H2,1H3. The van der Waals surface area contributed by atoms with Gasteiger partial charge in [-0.05, 0) is 17.9 Å². The van der Waals surface area contributed by atoms with E-state index in [2.05, 4.69) is 9.46 Å². The molecule has 0 bridgehead atoms. The fourth-order valence-corrected chi connectivity index (χ4v) is 4.58. The molecule has 1 aromatic heterocycles. The highest BCUT2D eigenvalue weighted by molar-refractivity contribution is 7.89. The Morgan fingerprint density at radius 3 is 3.00 bits per heavy atom. The smallest absolute Gasteiger partial charge is 0.349 e. The lowest BCUT2D eigenvalue weighted by Gasteiger charge is -2.12. The van der Waals surface area contributed by atoms with Crippen molar-refractivity contribution in [3.8, 4) is 6.19 Å². The van der Waals surface area contributed by atoms with Gasteiger partial charge in [-0.3, -0.25) is 0 Å². The molecule has 1 saturated heterocycles. The van der Waals surface area contributed by atoms with Gasteiger partial charge in [-0.2, -0.15) is 5.26 Å². The van der Waals surface area contributed by atoms with Crippen LogP contribution in [0.1, 0.15) is 16.1 Å². The second-order valence-corrected chi connectivity index (χ2v) is 6.86. The molecule has 1 N–H and O–H groups in total. The van der Waals surface area contributed by atoms with Crippen LogP contribution in [0.2, 0.25) is 0 Å². The van der Waals surface area contributed by atoms with Gasteiger partial charge in [-0.1, -0.05) is 0 Å². The summed E-state index contributed by atoms with van der Waals surface area (Å²) in [6, 6.07) is 1.04. The Balaban J connectivity index is 2.18. The third-order valence-electron chi connectivity index (χ3n) is 2.94. The number of nitrogens with one attached hydrogen (secondary N) is 1. The maximum Gasteiger partial charge on any atom is 0.349 e. The highest BCUT2D eigenvalue weighted by Crippen LogP contribution is 2.23. The van der Waals surface area contributed by atoms with Crippen LogP contribution in [0.4, 0.5) is 0 Å². The Bertz CT molecular complexity index is 647. The predicted molar refractivity (Wildman–Crippen MR) is 71.6 cm³/mol. The second kappa shape index (κ2) is 5.78. The van der Waals surface area contributed by atoms with Crippen molar-refractivity contribution in [2.45, 2.75) is 17.4 Å². The van der Waals surface area contributed by atoms with Gasteiger partial charge in [0.15, 0.2) is 6.19 Å². The first-order chi connectivity index (χ1) is 9.47. The molecule has 1 aromatic rings. The molecule has 2 heterocycles. The molecule has 0 amide bonds. The van der Waals surface area contributed by atoms with Crippen LogP contribution < -0.4 is 4.72 Å². The van der Waals surface area contributed by atoms with Crippen LogP contribution in [0.25, 0.3) is 0 Å². The number of sulfonamides is 1. The minimum absolute atomic E-state index is 0.0511. The zero-order valence-corrected chi connectivity index (χ0v) is 12.3. The van der Waals surface area contributed by atoms with Gasteiger partial charge < -0.3 is 9.64 Å². The fourth-order valence-electron chi connectivity index (χ4n) is 1.98. The molecule has 0 aliphatic carbocycles. The van der Waals surface area contributed by atoms with Crippen molar-refractivity contribution in [2.24, 2.45) is 0 Å². The average molecular weight is 315 g/mol. The maximum absolute atomic E-state index is 12.3. The Kier molecular flexibility index (Phi) is 4.27. The summed E-state index contributed by atoms with van der Waals surface area (Å²) in [6.45, 7) is 0.866. The van der Waals surface area contributed by atoms with E-state index < -0.39 is 16.0 Å². The van der Waals surface area contributed by atoms with Crippen molar-refractivity contribution in [3.63, 3.8) is 0 Å². The molecule has 20 heavy (non-hydrogen) atoms. The Morgan fingerprint density at radius 2 is 2.40 bits per heavy atom. The van der Waals surface area contributed by atoms with Crippen molar-refractivity contribution < 1.29 is 17.9 Å². The molecule has 0 aromatic carbocycles. The first-order valence-corrected chi connectivity index (χ1v) is 8.17. The molecule has 0 saturated carbocycles. The van der Waals surface area contributed by atoms with Crippen molar-refractivity contribution in [3.05, 3.63) is 16.3 Å². The minimum atomic E-state index is -3.79. The molecule has 9 heteroatoms. The third kappa shape index (κ3) is 2.92. The number of carbonyl (C=O) groups is 1. The van der Waals surface area contributed by atoms with Gasteiger partial charge in [0.05, 0.1) is 7.11 Å². The zero-order valence-electron chi connectivity index (χ0n) is 10.7. The number of carbonyl (C=O) groups excluding carboxylic acids is 1. The van der Waals surface area contributed by atoms with Crippen molar-refractivity contribution >= 4 is 27.3 Å². The first kappa shape index (κ1) is 14.8. The van der Waals surface area contributed by atoms with Gasteiger partial charge in [0.2, 0.25) is 10.0 Å². The number of likely N-dealkylation sites (tertiary alicyclic amines) is 1. The summed E-state index contributed by atoms with van der Waals surface area (Å²) in [5.41, 5.74) is 0. The quantitative estimate of drug-likeness (QED) is 0.636. The molecule has 1 atom stereocenters. The summed E-state index contributed by atoms with van der Waals surface area (Å²) < 4.78 is 31.6. The van der Waals surface area contributed by atoms with Crippen molar-refractivity contribution in [2.75, 3.05) is 20.2 Å². The fraction of sp³-hybridized carbons (Fsp3) is 0.455. The zero-order chi connectivity index (χ0) is 14.8. The van der Waals surface area contributed by atoms with E-state index in [9.17, 15) is 13.2 Å². The van der Waals surface area contributed by atoms with Crippen LogP contribution in [0.5, 0.6) is 0 Å². The van der Waals surface area contributed by atoms with Crippen LogP contribution in [0, 0.1) is 11.5 Å². The highest BCUT2D eigenvalue weighted by Gasteiger charge is 2.30. The largest absolute Gasteiger partial charge is 0.465 e. The van der Waals surface area contributed by atoms with Crippen molar-refractivity contribution in [1.29, 1.82) is 5.26 Å². The average Bonchev–Trinajstić information content (AvgIpc) is 3.05. The minimum Gasteiger partial charge on any atom is -0.465 e. The van der Waals surface area contributed by atoms with Gasteiger partial charge in [0, 0.05) is 19.1 Å². The number of hydrogen-bond acceptors (Lipinski definition) is 7. The number of thiophene rings is 1. The maximum atomic E-state index is 12.3. The summed E-state index contributed by atoms with van der Waals surface area (Å²) in [7, 11) is -2.59. The molecule has 1 unspecified atom stereocenters. The topological polar surface area (TPSA) is 99.5 Å². The monoisotopic (exact) mass is 315 g/mol. The molecule has 0 spiro atoms. The van der Waals surface area contributed by atoms with E-state index in [0.29, 0.717) is 19.5 Å². The lowest BCUT2D eigenvalue weighted by Crippen LogP contribution is -2.36. The van der Waals surface area contributed by atoms with E-state index >= 15 is 0 Å². The van der Waals surface area contributed by atoms with Gasteiger partial charge in [0.25, 0.3) is 0 Å². The van der Waals surface area contributed by atoms with Crippen LogP contribution in [0.3, 0.4) is 0 Å². The van der Waals surface area contributed by atoms with E-state index in [-0.39, 0.29) is 15.8 Å². The number of ether oxygens (including phenoxy) is 1. The lowest BCUT2D eigenvalue weighted by atomic mass is 10.3. The predicted octanol–water partition coefficient (Wildman–Crippen LogP) is 0.368. The Labute approximate surface area is 120 Å². The lowest BCUT2D eigenvalue weighted by molar-refractivity contribution is 0.0602. The van der Waals surface area contributed by atoms with Gasteiger partial charge >= 0.3 is 5.97 Å². The highest BCUT2D eigenvalue weighted by atomic mass is 32.2. The Morgan fingerprint density at radius 1 is 1.65 bits per heavy atom. The van der Waals surface area contributed by atoms with Gasteiger partial charge in [0.1, 0.15) is 9.77 Å². The SMILES string of the molecule is COC(=O)c1sccc1S(=O)(=O)NC1CCN(C#N)C1. The number of methoxy groups -OCH3 is 1. The molecular formula is C11H13N3O4S2. The summed E-state index contributed by atoms with van der Waals surface area (Å²) in [5, 5.41) is 10.3. The van der Waals surface area contributed by atoms with E-state index in [1.165, 1.54) is 23.5 Å². The number of hydrogen-bond donors (Lipinski definition) is 1. The van der Waals surface area contributed by atoms with Crippen LogP contribution >= 0.6 is 11.3 Å². The van der Waals surface area contributed by atoms with E-state index in [1.54, 1.807) is 0 Å². The molecule has 108 valence electrons. The molecule has 1 aliphatic rings. The molecular weight excluding hydrogens is 302 g/mol. The van der Waals surface area contributed by atoms with Gasteiger partial charge in [-0.15, -0.1) is 11.3 Å². The summed E-state index contributed by atoms with van der Waals surface area (Å²) in [4.78, 5) is 13.0. The second-order valence-electron chi connectivity index (χ2n) is 4.26. The molecule has 1 aliphatic heterocycles. The molecule has 2 rings (SSSR count).